The summed E-state index contributed by atoms with van der Waals surface area (Å²) in [7, 11) is 1.85. The van der Waals surface area contributed by atoms with Gasteiger partial charge in [0.25, 0.3) is 0 Å². The van der Waals surface area contributed by atoms with Crippen LogP contribution < -0.4 is 5.32 Å². The van der Waals surface area contributed by atoms with E-state index < -0.39 is 0 Å². The maximum Gasteiger partial charge on any atom is 0.0838 e. The van der Waals surface area contributed by atoms with Crippen LogP contribution in [0.4, 0.5) is 0 Å². The molecule has 98 valence electrons. The van der Waals surface area contributed by atoms with E-state index in [2.05, 4.69) is 5.32 Å². The van der Waals surface area contributed by atoms with Crippen molar-refractivity contribution in [2.75, 3.05) is 20.3 Å². The van der Waals surface area contributed by atoms with E-state index in [-0.39, 0.29) is 5.60 Å². The van der Waals surface area contributed by atoms with Gasteiger partial charge in [-0.1, -0.05) is 0 Å². The quantitative estimate of drug-likeness (QED) is 0.800. The summed E-state index contributed by atoms with van der Waals surface area (Å²) in [5.74, 6) is 0.807. The van der Waals surface area contributed by atoms with Crippen LogP contribution in [0, 0.1) is 5.92 Å². The SMILES string of the molecule is COC1CCC(C2NCCOC23CCC3)CC1. The van der Waals surface area contributed by atoms with E-state index >= 15 is 0 Å². The van der Waals surface area contributed by atoms with E-state index in [0.717, 1.165) is 19.1 Å². The predicted octanol–water partition coefficient (Wildman–Crippen LogP) is 2.10. The molecule has 0 bridgehead atoms. The Morgan fingerprint density at radius 3 is 2.53 bits per heavy atom. The molecule has 3 aliphatic rings. The lowest BCUT2D eigenvalue weighted by molar-refractivity contribution is -0.160. The van der Waals surface area contributed by atoms with E-state index in [1.54, 1.807) is 0 Å². The van der Waals surface area contributed by atoms with Crippen molar-refractivity contribution < 1.29 is 9.47 Å². The first-order chi connectivity index (χ1) is 8.34. The Morgan fingerprint density at radius 1 is 1.18 bits per heavy atom. The van der Waals surface area contributed by atoms with Gasteiger partial charge in [-0.15, -0.1) is 0 Å². The first kappa shape index (κ1) is 11.9. The molecule has 0 amide bonds. The number of hydrogen-bond acceptors (Lipinski definition) is 3. The molecular formula is C14H25NO2. The van der Waals surface area contributed by atoms with Crippen LogP contribution in [0.3, 0.4) is 0 Å². The maximum absolute atomic E-state index is 6.13. The van der Waals surface area contributed by atoms with Crippen LogP contribution in [0.5, 0.6) is 0 Å². The van der Waals surface area contributed by atoms with Gasteiger partial charge in [0.05, 0.1) is 18.3 Å². The molecule has 1 aliphatic heterocycles. The smallest absolute Gasteiger partial charge is 0.0838 e. The summed E-state index contributed by atoms with van der Waals surface area (Å²) in [6.07, 6.45) is 9.48. The van der Waals surface area contributed by atoms with Crippen molar-refractivity contribution in [1.82, 2.24) is 5.32 Å². The summed E-state index contributed by atoms with van der Waals surface area (Å²) in [6.45, 7) is 1.94. The minimum absolute atomic E-state index is 0.211. The molecule has 1 spiro atoms. The second-order valence-corrected chi connectivity index (χ2v) is 5.97. The van der Waals surface area contributed by atoms with Crippen molar-refractivity contribution >= 4 is 0 Å². The molecule has 3 nitrogen and oxygen atoms in total. The van der Waals surface area contributed by atoms with Crippen molar-refractivity contribution in [3.8, 4) is 0 Å². The van der Waals surface area contributed by atoms with Crippen LogP contribution in [0.2, 0.25) is 0 Å². The number of methoxy groups -OCH3 is 1. The standard InChI is InChI=1S/C14H25NO2/c1-16-12-5-3-11(4-6-12)13-14(7-2-8-14)17-10-9-15-13/h11-13,15H,2-10H2,1H3. The number of rotatable bonds is 2. The zero-order valence-electron chi connectivity index (χ0n) is 10.9. The van der Waals surface area contributed by atoms with Crippen molar-refractivity contribution in [1.29, 1.82) is 0 Å². The van der Waals surface area contributed by atoms with E-state index in [1.807, 2.05) is 7.11 Å². The third-order valence-corrected chi connectivity index (χ3v) is 5.15. The monoisotopic (exact) mass is 239 g/mol. The molecule has 1 heterocycles. The fraction of sp³-hybridized carbons (Fsp3) is 1.00. The maximum atomic E-state index is 6.13. The minimum Gasteiger partial charge on any atom is -0.381 e. The topological polar surface area (TPSA) is 30.5 Å². The van der Waals surface area contributed by atoms with Gasteiger partial charge in [0.2, 0.25) is 0 Å². The zero-order valence-corrected chi connectivity index (χ0v) is 10.9. The van der Waals surface area contributed by atoms with Crippen molar-refractivity contribution in [2.24, 2.45) is 5.92 Å². The lowest BCUT2D eigenvalue weighted by Crippen LogP contribution is -2.64. The average Bonchev–Trinajstić information content (AvgIpc) is 2.37. The molecule has 1 N–H and O–H groups in total. The van der Waals surface area contributed by atoms with E-state index in [4.69, 9.17) is 9.47 Å². The van der Waals surface area contributed by atoms with Crippen LogP contribution in [0.1, 0.15) is 44.9 Å². The van der Waals surface area contributed by atoms with Crippen molar-refractivity contribution in [3.63, 3.8) is 0 Å². The van der Waals surface area contributed by atoms with Crippen molar-refractivity contribution in [3.05, 3.63) is 0 Å². The van der Waals surface area contributed by atoms with Gasteiger partial charge in [-0.05, 0) is 50.9 Å². The third-order valence-electron chi connectivity index (χ3n) is 5.15. The summed E-state index contributed by atoms with van der Waals surface area (Å²) in [5.41, 5.74) is 0.211. The molecule has 1 atom stereocenters. The highest BCUT2D eigenvalue weighted by Crippen LogP contribution is 2.45. The first-order valence-electron chi connectivity index (χ1n) is 7.24. The summed E-state index contributed by atoms with van der Waals surface area (Å²) >= 11 is 0. The van der Waals surface area contributed by atoms with E-state index in [1.165, 1.54) is 44.9 Å². The summed E-state index contributed by atoms with van der Waals surface area (Å²) in [4.78, 5) is 0. The second-order valence-electron chi connectivity index (χ2n) is 5.97. The largest absolute Gasteiger partial charge is 0.381 e. The Balaban J connectivity index is 1.63. The van der Waals surface area contributed by atoms with Gasteiger partial charge in [0.15, 0.2) is 0 Å². The lowest BCUT2D eigenvalue weighted by Gasteiger charge is -2.54. The Bertz CT molecular complexity index is 257. The zero-order chi connectivity index (χ0) is 11.7. The molecule has 3 fully saturated rings. The fourth-order valence-electron chi connectivity index (χ4n) is 3.98. The lowest BCUT2D eigenvalue weighted by atomic mass is 9.66. The van der Waals surface area contributed by atoms with Crippen molar-refractivity contribution in [2.45, 2.75) is 62.7 Å². The van der Waals surface area contributed by atoms with Crippen LogP contribution >= 0.6 is 0 Å². The Labute approximate surface area is 104 Å². The van der Waals surface area contributed by atoms with Gasteiger partial charge in [-0.25, -0.2) is 0 Å². The number of morpholine rings is 1. The summed E-state index contributed by atoms with van der Waals surface area (Å²) in [5, 5.41) is 3.75. The highest BCUT2D eigenvalue weighted by Gasteiger charge is 2.50. The number of hydrogen-bond donors (Lipinski definition) is 1. The normalized spacial score (nSPS) is 41.1. The Kier molecular flexibility index (Phi) is 3.42. The molecule has 0 aromatic carbocycles. The molecule has 0 aromatic rings. The van der Waals surface area contributed by atoms with Gasteiger partial charge >= 0.3 is 0 Å². The van der Waals surface area contributed by atoms with Gasteiger partial charge in [-0.2, -0.15) is 0 Å². The molecule has 1 saturated heterocycles. The molecule has 2 saturated carbocycles. The molecule has 0 radical (unpaired) electrons. The third kappa shape index (κ3) is 2.13. The van der Waals surface area contributed by atoms with Gasteiger partial charge in [0, 0.05) is 19.7 Å². The molecule has 3 heteroatoms. The number of nitrogens with one attached hydrogen (secondary N) is 1. The van der Waals surface area contributed by atoms with Crippen LogP contribution in [-0.2, 0) is 9.47 Å². The molecule has 0 aromatic heterocycles. The Hall–Kier alpha value is -0.120. The number of ether oxygens (including phenoxy) is 2. The molecule has 2 aliphatic carbocycles. The molecule has 1 unspecified atom stereocenters. The highest BCUT2D eigenvalue weighted by molar-refractivity contribution is 5.05. The minimum atomic E-state index is 0.211. The fourth-order valence-corrected chi connectivity index (χ4v) is 3.98. The first-order valence-corrected chi connectivity index (χ1v) is 7.24. The van der Waals surface area contributed by atoms with Crippen LogP contribution in [0.25, 0.3) is 0 Å². The Morgan fingerprint density at radius 2 is 1.94 bits per heavy atom. The summed E-state index contributed by atoms with van der Waals surface area (Å²) in [6, 6.07) is 0.614. The van der Waals surface area contributed by atoms with E-state index in [0.29, 0.717) is 12.1 Å². The van der Waals surface area contributed by atoms with E-state index in [9.17, 15) is 0 Å². The molecule has 3 rings (SSSR count). The highest BCUT2D eigenvalue weighted by atomic mass is 16.5. The molecule has 17 heavy (non-hydrogen) atoms. The van der Waals surface area contributed by atoms with Crippen LogP contribution in [-0.4, -0.2) is 38.0 Å². The van der Waals surface area contributed by atoms with Crippen LogP contribution in [0.15, 0.2) is 0 Å². The predicted molar refractivity (Wildman–Crippen MR) is 67.1 cm³/mol. The van der Waals surface area contributed by atoms with Gasteiger partial charge in [-0.3, -0.25) is 0 Å². The second kappa shape index (κ2) is 4.87. The summed E-state index contributed by atoms with van der Waals surface area (Å²) < 4.78 is 11.6. The van der Waals surface area contributed by atoms with Gasteiger partial charge in [0.1, 0.15) is 0 Å². The average molecular weight is 239 g/mol. The molecular weight excluding hydrogens is 214 g/mol. The van der Waals surface area contributed by atoms with Gasteiger partial charge < -0.3 is 14.8 Å².